The molecule has 1 fully saturated rings. The summed E-state index contributed by atoms with van der Waals surface area (Å²) < 4.78 is 5.41. The second kappa shape index (κ2) is 4.24. The van der Waals surface area contributed by atoms with Crippen LogP contribution in [0.2, 0.25) is 0 Å². The van der Waals surface area contributed by atoms with E-state index < -0.39 is 0 Å². The SMILES string of the molecule is c1cc2c(s1)CCCC2NC1CCOC1. The zero-order chi connectivity index (χ0) is 10.1. The van der Waals surface area contributed by atoms with Crippen LogP contribution in [0.25, 0.3) is 0 Å². The number of hydrogen-bond donors (Lipinski definition) is 1. The van der Waals surface area contributed by atoms with Crippen LogP contribution in [-0.4, -0.2) is 19.3 Å². The highest BCUT2D eigenvalue weighted by Gasteiger charge is 2.25. The maximum atomic E-state index is 5.41. The highest BCUT2D eigenvalue weighted by atomic mass is 32.1. The van der Waals surface area contributed by atoms with Crippen LogP contribution in [-0.2, 0) is 11.2 Å². The zero-order valence-electron chi connectivity index (χ0n) is 8.87. The van der Waals surface area contributed by atoms with Gasteiger partial charge in [0.15, 0.2) is 0 Å². The van der Waals surface area contributed by atoms with Gasteiger partial charge in [0.25, 0.3) is 0 Å². The average molecular weight is 223 g/mol. The summed E-state index contributed by atoms with van der Waals surface area (Å²) in [5.74, 6) is 0. The van der Waals surface area contributed by atoms with Crippen molar-refractivity contribution in [1.29, 1.82) is 0 Å². The first-order valence-corrected chi connectivity index (χ1v) is 6.71. The molecule has 15 heavy (non-hydrogen) atoms. The average Bonchev–Trinajstić information content (AvgIpc) is 2.87. The Bertz CT molecular complexity index is 330. The quantitative estimate of drug-likeness (QED) is 0.832. The summed E-state index contributed by atoms with van der Waals surface area (Å²) in [5.41, 5.74) is 1.55. The summed E-state index contributed by atoms with van der Waals surface area (Å²) in [6.45, 7) is 1.83. The molecule has 2 nitrogen and oxygen atoms in total. The third-order valence-corrected chi connectivity index (χ3v) is 4.42. The van der Waals surface area contributed by atoms with E-state index >= 15 is 0 Å². The third kappa shape index (κ3) is 1.96. The number of fused-ring (bicyclic) bond motifs is 1. The monoisotopic (exact) mass is 223 g/mol. The van der Waals surface area contributed by atoms with Crippen LogP contribution < -0.4 is 5.32 Å². The van der Waals surface area contributed by atoms with Crippen molar-refractivity contribution in [3.63, 3.8) is 0 Å². The summed E-state index contributed by atoms with van der Waals surface area (Å²) in [7, 11) is 0. The van der Waals surface area contributed by atoms with E-state index in [9.17, 15) is 0 Å². The van der Waals surface area contributed by atoms with Crippen LogP contribution >= 0.6 is 11.3 Å². The lowest BCUT2D eigenvalue weighted by Crippen LogP contribution is -2.34. The maximum Gasteiger partial charge on any atom is 0.0620 e. The van der Waals surface area contributed by atoms with Gasteiger partial charge in [-0.1, -0.05) is 0 Å². The Morgan fingerprint density at radius 2 is 2.40 bits per heavy atom. The van der Waals surface area contributed by atoms with Crippen LogP contribution in [0.5, 0.6) is 0 Å². The smallest absolute Gasteiger partial charge is 0.0620 e. The minimum atomic E-state index is 0.584. The van der Waals surface area contributed by atoms with Gasteiger partial charge in [-0.15, -0.1) is 11.3 Å². The largest absolute Gasteiger partial charge is 0.380 e. The molecule has 1 saturated heterocycles. The van der Waals surface area contributed by atoms with Crippen molar-refractivity contribution in [1.82, 2.24) is 5.32 Å². The number of rotatable bonds is 2. The van der Waals surface area contributed by atoms with Crippen LogP contribution in [0.15, 0.2) is 11.4 Å². The molecule has 82 valence electrons. The van der Waals surface area contributed by atoms with Crippen molar-refractivity contribution >= 4 is 11.3 Å². The fraction of sp³-hybridized carbons (Fsp3) is 0.667. The van der Waals surface area contributed by atoms with Crippen LogP contribution in [0.3, 0.4) is 0 Å². The first kappa shape index (κ1) is 9.82. The van der Waals surface area contributed by atoms with E-state index in [0.29, 0.717) is 12.1 Å². The van der Waals surface area contributed by atoms with Crippen molar-refractivity contribution in [2.24, 2.45) is 0 Å². The molecule has 1 N–H and O–H groups in total. The summed E-state index contributed by atoms with van der Waals surface area (Å²) in [6, 6.07) is 3.47. The van der Waals surface area contributed by atoms with Gasteiger partial charge in [-0.05, 0) is 42.7 Å². The van der Waals surface area contributed by atoms with E-state index in [4.69, 9.17) is 4.74 Å². The van der Waals surface area contributed by atoms with Crippen LogP contribution in [0.1, 0.15) is 35.7 Å². The number of aryl methyl sites for hydroxylation is 1. The molecule has 0 spiro atoms. The molecule has 3 rings (SSSR count). The molecular weight excluding hydrogens is 206 g/mol. The number of thiophene rings is 1. The van der Waals surface area contributed by atoms with E-state index in [1.807, 2.05) is 11.3 Å². The van der Waals surface area contributed by atoms with Crippen LogP contribution in [0, 0.1) is 0 Å². The van der Waals surface area contributed by atoms with Gasteiger partial charge in [-0.2, -0.15) is 0 Å². The topological polar surface area (TPSA) is 21.3 Å². The van der Waals surface area contributed by atoms with Crippen molar-refractivity contribution in [3.8, 4) is 0 Å². The molecule has 1 aliphatic heterocycles. The second-order valence-corrected chi connectivity index (χ2v) is 5.47. The molecule has 1 aliphatic carbocycles. The highest BCUT2D eigenvalue weighted by Crippen LogP contribution is 2.33. The molecular formula is C12H17NOS. The van der Waals surface area contributed by atoms with Crippen molar-refractivity contribution in [2.75, 3.05) is 13.2 Å². The van der Waals surface area contributed by atoms with E-state index in [1.165, 1.54) is 25.7 Å². The Kier molecular flexibility index (Phi) is 2.77. The molecule has 2 heterocycles. The molecule has 2 atom stereocenters. The fourth-order valence-corrected chi connectivity index (χ4v) is 3.60. The molecule has 2 aliphatic rings. The highest BCUT2D eigenvalue weighted by molar-refractivity contribution is 7.10. The molecule has 0 saturated carbocycles. The van der Waals surface area contributed by atoms with Gasteiger partial charge in [-0.3, -0.25) is 0 Å². The summed E-state index contributed by atoms with van der Waals surface area (Å²) in [6.07, 6.45) is 5.08. The first-order valence-electron chi connectivity index (χ1n) is 5.83. The van der Waals surface area contributed by atoms with Gasteiger partial charge in [0.1, 0.15) is 0 Å². The van der Waals surface area contributed by atoms with Crippen molar-refractivity contribution in [2.45, 2.75) is 37.8 Å². The summed E-state index contributed by atoms with van der Waals surface area (Å²) in [4.78, 5) is 1.60. The summed E-state index contributed by atoms with van der Waals surface area (Å²) >= 11 is 1.92. The van der Waals surface area contributed by atoms with Crippen molar-refractivity contribution in [3.05, 3.63) is 21.9 Å². The van der Waals surface area contributed by atoms with Gasteiger partial charge in [0, 0.05) is 23.6 Å². The molecule has 0 aromatic carbocycles. The predicted molar refractivity (Wildman–Crippen MR) is 62.4 cm³/mol. The van der Waals surface area contributed by atoms with Crippen LogP contribution in [0.4, 0.5) is 0 Å². The van der Waals surface area contributed by atoms with Gasteiger partial charge in [0.05, 0.1) is 6.61 Å². The first-order chi connectivity index (χ1) is 7.43. The van der Waals surface area contributed by atoms with E-state index in [-0.39, 0.29) is 0 Å². The van der Waals surface area contributed by atoms with Gasteiger partial charge < -0.3 is 10.1 Å². The Hall–Kier alpha value is -0.380. The van der Waals surface area contributed by atoms with E-state index in [1.54, 1.807) is 10.4 Å². The Morgan fingerprint density at radius 3 is 3.27 bits per heavy atom. The Balaban J connectivity index is 1.72. The predicted octanol–water partition coefficient (Wildman–Crippen LogP) is 2.50. The van der Waals surface area contributed by atoms with Gasteiger partial charge in [-0.25, -0.2) is 0 Å². The fourth-order valence-electron chi connectivity index (χ4n) is 2.61. The lowest BCUT2D eigenvalue weighted by Gasteiger charge is -2.26. The number of hydrogen-bond acceptors (Lipinski definition) is 3. The molecule has 0 radical (unpaired) electrons. The van der Waals surface area contributed by atoms with Crippen molar-refractivity contribution < 1.29 is 4.74 Å². The number of nitrogens with one attached hydrogen (secondary N) is 1. The molecule has 3 heteroatoms. The second-order valence-electron chi connectivity index (χ2n) is 4.47. The Labute approximate surface area is 94.6 Å². The summed E-state index contributed by atoms with van der Waals surface area (Å²) in [5, 5.41) is 5.97. The minimum absolute atomic E-state index is 0.584. The minimum Gasteiger partial charge on any atom is -0.380 e. The third-order valence-electron chi connectivity index (χ3n) is 3.42. The Morgan fingerprint density at radius 1 is 1.40 bits per heavy atom. The maximum absolute atomic E-state index is 5.41. The standard InChI is InChI=1S/C12H17NOS/c1-2-11(13-9-4-6-14-8-9)10-5-7-15-12(10)3-1/h5,7,9,11,13H,1-4,6,8H2. The van der Waals surface area contributed by atoms with E-state index in [0.717, 1.165) is 13.2 Å². The molecule has 0 bridgehead atoms. The lowest BCUT2D eigenvalue weighted by atomic mass is 9.93. The molecule has 0 amide bonds. The van der Waals surface area contributed by atoms with Gasteiger partial charge >= 0.3 is 0 Å². The molecule has 2 unspecified atom stereocenters. The van der Waals surface area contributed by atoms with Gasteiger partial charge in [0.2, 0.25) is 0 Å². The lowest BCUT2D eigenvalue weighted by molar-refractivity contribution is 0.187. The molecule has 1 aromatic rings. The number of ether oxygens (including phenoxy) is 1. The normalized spacial score (nSPS) is 30.4. The zero-order valence-corrected chi connectivity index (χ0v) is 9.69. The molecule has 1 aromatic heterocycles. The van der Waals surface area contributed by atoms with E-state index in [2.05, 4.69) is 16.8 Å².